The number of benzene rings is 2. The summed E-state index contributed by atoms with van der Waals surface area (Å²) >= 11 is 5.16. The van der Waals surface area contributed by atoms with E-state index in [0.717, 1.165) is 23.7 Å². The summed E-state index contributed by atoms with van der Waals surface area (Å²) in [6.45, 7) is 0. The van der Waals surface area contributed by atoms with Gasteiger partial charge in [-0.15, -0.1) is 0 Å². The molecular weight excluding hydrogens is 524 g/mol. The van der Waals surface area contributed by atoms with Gasteiger partial charge in [0.1, 0.15) is 12.6 Å². The maximum absolute atomic E-state index is 11.9. The third kappa shape index (κ3) is 7.80. The van der Waals surface area contributed by atoms with Crippen molar-refractivity contribution in [2.45, 2.75) is 50.5 Å². The van der Waals surface area contributed by atoms with Crippen LogP contribution in [0.5, 0.6) is 0 Å². The lowest BCUT2D eigenvalue weighted by molar-refractivity contribution is -0.108. The van der Waals surface area contributed by atoms with Gasteiger partial charge in [-0.1, -0.05) is 60.7 Å². The third-order valence-corrected chi connectivity index (χ3v) is 7.05. The van der Waals surface area contributed by atoms with Crippen LogP contribution in [0.15, 0.2) is 84.0 Å². The Morgan fingerprint density at radius 1 is 0.795 bits per heavy atom. The van der Waals surface area contributed by atoms with E-state index in [4.69, 9.17) is 30.9 Å². The molecule has 2 aromatic rings. The molecule has 2 aromatic carbocycles. The van der Waals surface area contributed by atoms with E-state index in [-0.39, 0.29) is 30.0 Å². The van der Waals surface area contributed by atoms with Crippen LogP contribution in [0.3, 0.4) is 0 Å². The van der Waals surface area contributed by atoms with Crippen LogP contribution >= 0.6 is 11.6 Å². The van der Waals surface area contributed by atoms with Crippen LogP contribution in [0, 0.1) is 11.8 Å². The Morgan fingerprint density at radius 3 is 1.77 bits per heavy atom. The van der Waals surface area contributed by atoms with Crippen molar-refractivity contribution in [2.24, 2.45) is 11.8 Å². The van der Waals surface area contributed by atoms with Gasteiger partial charge in [-0.05, 0) is 34.9 Å². The van der Waals surface area contributed by atoms with E-state index in [1.54, 1.807) is 48.5 Å². The lowest BCUT2D eigenvalue weighted by Crippen LogP contribution is -2.19. The SMILES string of the molecule is O=C(Cl)c1ccccc1.O=CC1=C[C@H]2CC(O)O[C@H]2C1.O=CC1=C[C@H]2CC(OC(=O)c3ccccc3)O[C@H]2C1. The van der Waals surface area contributed by atoms with E-state index in [2.05, 4.69) is 0 Å². The lowest BCUT2D eigenvalue weighted by atomic mass is 10.1. The Bertz CT molecular complexity index is 1230. The van der Waals surface area contributed by atoms with E-state index in [1.807, 2.05) is 24.3 Å². The van der Waals surface area contributed by atoms with Crippen molar-refractivity contribution >= 4 is 35.4 Å². The Balaban J connectivity index is 0.000000149. The first-order valence-electron chi connectivity index (χ1n) is 12.7. The molecule has 6 rings (SSSR count). The minimum absolute atomic E-state index is 0.0197. The molecule has 2 fully saturated rings. The summed E-state index contributed by atoms with van der Waals surface area (Å²) in [7, 11) is 0. The second-order valence-electron chi connectivity index (χ2n) is 9.57. The number of aliphatic hydroxyl groups excluding tert-OH is 1. The highest BCUT2D eigenvalue weighted by molar-refractivity contribution is 6.67. The third-order valence-electron chi connectivity index (χ3n) is 6.83. The highest BCUT2D eigenvalue weighted by Gasteiger charge is 2.40. The van der Waals surface area contributed by atoms with Crippen LogP contribution in [0.4, 0.5) is 0 Å². The first-order chi connectivity index (χ1) is 18.9. The quantitative estimate of drug-likeness (QED) is 0.329. The number of hydrogen-bond donors (Lipinski definition) is 1. The van der Waals surface area contributed by atoms with Crippen LogP contribution < -0.4 is 0 Å². The lowest BCUT2D eigenvalue weighted by Gasteiger charge is -2.13. The van der Waals surface area contributed by atoms with Gasteiger partial charge < -0.3 is 19.3 Å². The van der Waals surface area contributed by atoms with Gasteiger partial charge in [-0.3, -0.25) is 14.4 Å². The molecule has 6 atom stereocenters. The van der Waals surface area contributed by atoms with Crippen LogP contribution in [0.25, 0.3) is 0 Å². The molecule has 0 spiro atoms. The van der Waals surface area contributed by atoms with Gasteiger partial charge >= 0.3 is 5.97 Å². The van der Waals surface area contributed by atoms with Gasteiger partial charge in [0.15, 0.2) is 6.29 Å². The number of esters is 1. The van der Waals surface area contributed by atoms with Gasteiger partial charge in [0.25, 0.3) is 5.24 Å². The van der Waals surface area contributed by atoms with Gasteiger partial charge in [0, 0.05) is 43.1 Å². The summed E-state index contributed by atoms with van der Waals surface area (Å²) in [5, 5.41) is 8.65. The molecule has 204 valence electrons. The van der Waals surface area contributed by atoms with Crippen molar-refractivity contribution in [3.8, 4) is 0 Å². The standard InChI is InChI=1S/C15H14O4.C8H10O3.C7H5ClO/c16-9-10-6-12-8-14(18-13(12)7-10)19-15(17)11-4-2-1-3-5-11;9-4-5-1-6-3-8(10)11-7(6)2-5;8-7(9)6-4-2-1-3-5-6/h1-6,9,12-14H,7-8H2;1,4,6-8,10H,2-3H2;1-5H/t12-,13-,14?;6-,7-,8?;/m00./s1. The minimum atomic E-state index is -0.616. The second-order valence-corrected chi connectivity index (χ2v) is 9.91. The number of ether oxygens (including phenoxy) is 3. The minimum Gasteiger partial charge on any atom is -0.432 e. The van der Waals surface area contributed by atoms with E-state index >= 15 is 0 Å². The molecule has 8 nitrogen and oxygen atoms in total. The molecule has 1 N–H and O–H groups in total. The van der Waals surface area contributed by atoms with E-state index < -0.39 is 17.8 Å². The number of aliphatic hydroxyl groups is 1. The van der Waals surface area contributed by atoms with Crippen LogP contribution in [-0.2, 0) is 23.8 Å². The van der Waals surface area contributed by atoms with Gasteiger partial charge in [-0.2, -0.15) is 0 Å². The smallest absolute Gasteiger partial charge is 0.340 e. The normalized spacial score (nSPS) is 27.8. The van der Waals surface area contributed by atoms with Crippen molar-refractivity contribution in [1.29, 1.82) is 0 Å². The van der Waals surface area contributed by atoms with E-state index in [9.17, 15) is 19.2 Å². The van der Waals surface area contributed by atoms with Crippen molar-refractivity contribution in [1.82, 2.24) is 0 Å². The molecule has 0 saturated carbocycles. The Hall–Kier alpha value is -3.43. The summed E-state index contributed by atoms with van der Waals surface area (Å²) < 4.78 is 16.1. The van der Waals surface area contributed by atoms with Crippen molar-refractivity contribution < 1.29 is 38.5 Å². The number of rotatable bonds is 5. The highest BCUT2D eigenvalue weighted by atomic mass is 35.5. The molecule has 39 heavy (non-hydrogen) atoms. The molecule has 0 bridgehead atoms. The monoisotopic (exact) mass is 552 g/mol. The van der Waals surface area contributed by atoms with Crippen molar-refractivity contribution in [3.05, 3.63) is 95.1 Å². The predicted molar refractivity (Wildman–Crippen MR) is 142 cm³/mol. The molecule has 2 heterocycles. The zero-order valence-corrected chi connectivity index (χ0v) is 21.8. The zero-order valence-electron chi connectivity index (χ0n) is 21.1. The van der Waals surface area contributed by atoms with E-state index in [0.29, 0.717) is 36.8 Å². The van der Waals surface area contributed by atoms with Gasteiger partial charge in [-0.25, -0.2) is 4.79 Å². The average Bonchev–Trinajstić information content (AvgIpc) is 3.69. The molecule has 4 aliphatic rings. The zero-order chi connectivity index (χ0) is 27.8. The fourth-order valence-corrected chi connectivity index (χ4v) is 5.08. The molecule has 2 aliphatic carbocycles. The molecule has 0 radical (unpaired) electrons. The van der Waals surface area contributed by atoms with Crippen LogP contribution in [0.2, 0.25) is 0 Å². The highest BCUT2D eigenvalue weighted by Crippen LogP contribution is 2.38. The first kappa shape index (κ1) is 28.6. The maximum Gasteiger partial charge on any atom is 0.340 e. The van der Waals surface area contributed by atoms with E-state index in [1.165, 1.54) is 0 Å². The summed E-state index contributed by atoms with van der Waals surface area (Å²) in [5.41, 5.74) is 2.65. The molecular formula is C30H29ClO8. The van der Waals surface area contributed by atoms with Crippen LogP contribution in [0.1, 0.15) is 46.4 Å². The fourth-order valence-electron chi connectivity index (χ4n) is 4.95. The van der Waals surface area contributed by atoms with Gasteiger partial charge in [0.2, 0.25) is 6.29 Å². The average molecular weight is 553 g/mol. The maximum atomic E-state index is 11.9. The largest absolute Gasteiger partial charge is 0.432 e. The summed E-state index contributed by atoms with van der Waals surface area (Å²) in [6, 6.07) is 17.6. The van der Waals surface area contributed by atoms with Gasteiger partial charge in [0.05, 0.1) is 17.8 Å². The number of halogens is 1. The number of hydrogen-bond acceptors (Lipinski definition) is 8. The predicted octanol–water partition coefficient (Wildman–Crippen LogP) is 4.41. The molecule has 2 unspecified atom stereocenters. The summed E-state index contributed by atoms with van der Waals surface area (Å²) in [6.07, 6.45) is 7.05. The Labute approximate surface area is 231 Å². The van der Waals surface area contributed by atoms with Crippen LogP contribution in [-0.4, -0.2) is 53.7 Å². The topological polar surface area (TPSA) is 116 Å². The number of carbonyl (C=O) groups excluding carboxylic acids is 4. The number of carbonyl (C=O) groups is 4. The molecule has 9 heteroatoms. The molecule has 2 aliphatic heterocycles. The van der Waals surface area contributed by atoms with Crippen molar-refractivity contribution in [3.63, 3.8) is 0 Å². The molecule has 0 amide bonds. The fraction of sp³-hybridized carbons (Fsp3) is 0.333. The number of fused-ring (bicyclic) bond motifs is 2. The molecule has 0 aromatic heterocycles. The summed E-state index contributed by atoms with van der Waals surface area (Å²) in [4.78, 5) is 43.3. The Morgan fingerprint density at radius 2 is 1.31 bits per heavy atom. The number of aldehydes is 2. The second kappa shape index (κ2) is 13.6. The van der Waals surface area contributed by atoms with Crippen molar-refractivity contribution in [2.75, 3.05) is 0 Å². The first-order valence-corrected chi connectivity index (χ1v) is 13.1. The Kier molecular flexibility index (Phi) is 9.95. The summed E-state index contributed by atoms with van der Waals surface area (Å²) in [5.74, 6) is 0.0872. The molecule has 2 saturated heterocycles.